The molecule has 2 aromatic rings. The second kappa shape index (κ2) is 5.24. The maximum Gasteiger partial charge on any atom is 0.433 e. The molecule has 0 spiro atoms. The van der Waals surface area contributed by atoms with Gasteiger partial charge in [0.15, 0.2) is 0 Å². The van der Waals surface area contributed by atoms with Gasteiger partial charge in [0.25, 0.3) is 0 Å². The van der Waals surface area contributed by atoms with Gasteiger partial charge in [0, 0.05) is 27.7 Å². The van der Waals surface area contributed by atoms with E-state index < -0.39 is 11.9 Å². The van der Waals surface area contributed by atoms with Crippen LogP contribution in [0.1, 0.15) is 23.7 Å². The Hall–Kier alpha value is -1.30. The zero-order valence-electron chi connectivity index (χ0n) is 11.3. The van der Waals surface area contributed by atoms with E-state index in [1.165, 1.54) is 6.92 Å². The molecule has 0 saturated heterocycles. The number of pyridine rings is 1. The van der Waals surface area contributed by atoms with Crippen LogP contribution in [0.2, 0.25) is 0 Å². The van der Waals surface area contributed by atoms with Crippen molar-refractivity contribution in [1.29, 1.82) is 0 Å². The molecule has 108 valence electrons. The van der Waals surface area contributed by atoms with Crippen molar-refractivity contribution in [3.8, 4) is 0 Å². The Labute approximate surface area is 123 Å². The molecule has 2 rings (SSSR count). The second-order valence-electron chi connectivity index (χ2n) is 4.58. The van der Waals surface area contributed by atoms with E-state index in [4.69, 9.17) is 0 Å². The standard InChI is InChI=1S/C14H14BrF3N2/c1-4-19-11-8(3)13(14(16,17)18)20-12-9(15)6-5-7(2)10(11)12/h5-6H,4H2,1-3H3,(H,19,20). The zero-order valence-corrected chi connectivity index (χ0v) is 12.9. The first kappa shape index (κ1) is 15.1. The number of hydrogen-bond acceptors (Lipinski definition) is 2. The lowest BCUT2D eigenvalue weighted by Gasteiger charge is -2.18. The van der Waals surface area contributed by atoms with Crippen molar-refractivity contribution < 1.29 is 13.2 Å². The van der Waals surface area contributed by atoms with E-state index in [0.29, 0.717) is 22.2 Å². The number of anilines is 1. The fourth-order valence-electron chi connectivity index (χ4n) is 2.27. The van der Waals surface area contributed by atoms with Crippen LogP contribution >= 0.6 is 15.9 Å². The van der Waals surface area contributed by atoms with E-state index in [0.717, 1.165) is 10.9 Å². The quantitative estimate of drug-likeness (QED) is 0.821. The average Bonchev–Trinajstić information content (AvgIpc) is 2.35. The van der Waals surface area contributed by atoms with Crippen molar-refractivity contribution in [1.82, 2.24) is 4.98 Å². The summed E-state index contributed by atoms with van der Waals surface area (Å²) in [5.74, 6) is 0. The molecule has 0 aliphatic rings. The molecule has 1 aromatic heterocycles. The normalized spacial score (nSPS) is 11.9. The van der Waals surface area contributed by atoms with Gasteiger partial charge in [-0.1, -0.05) is 6.07 Å². The molecular formula is C14H14BrF3N2. The topological polar surface area (TPSA) is 24.9 Å². The van der Waals surface area contributed by atoms with Crippen molar-refractivity contribution in [2.45, 2.75) is 26.9 Å². The van der Waals surface area contributed by atoms with E-state index >= 15 is 0 Å². The van der Waals surface area contributed by atoms with Gasteiger partial charge < -0.3 is 5.32 Å². The summed E-state index contributed by atoms with van der Waals surface area (Å²) in [5, 5.41) is 3.77. The van der Waals surface area contributed by atoms with Gasteiger partial charge in [0.05, 0.1) is 5.52 Å². The van der Waals surface area contributed by atoms with Crippen LogP contribution in [0.15, 0.2) is 16.6 Å². The Kier molecular flexibility index (Phi) is 3.95. The third-order valence-electron chi connectivity index (χ3n) is 3.16. The number of fused-ring (bicyclic) bond motifs is 1. The minimum Gasteiger partial charge on any atom is -0.384 e. The van der Waals surface area contributed by atoms with Crippen LogP contribution in [0.25, 0.3) is 10.9 Å². The van der Waals surface area contributed by atoms with Crippen LogP contribution in [0.5, 0.6) is 0 Å². The molecule has 0 aliphatic carbocycles. The number of hydrogen-bond donors (Lipinski definition) is 1. The van der Waals surface area contributed by atoms with Gasteiger partial charge in [-0.25, -0.2) is 4.98 Å². The lowest BCUT2D eigenvalue weighted by molar-refractivity contribution is -0.141. The van der Waals surface area contributed by atoms with Gasteiger partial charge in [-0.15, -0.1) is 0 Å². The van der Waals surface area contributed by atoms with E-state index in [2.05, 4.69) is 26.2 Å². The smallest absolute Gasteiger partial charge is 0.384 e. The minimum atomic E-state index is -4.47. The molecule has 2 nitrogen and oxygen atoms in total. The number of alkyl halides is 3. The first-order valence-corrected chi connectivity index (χ1v) is 6.97. The third kappa shape index (κ3) is 2.49. The summed E-state index contributed by atoms with van der Waals surface area (Å²) in [5.41, 5.74) is 1.02. The fourth-order valence-corrected chi connectivity index (χ4v) is 2.69. The summed E-state index contributed by atoms with van der Waals surface area (Å²) in [6.07, 6.45) is -4.47. The van der Waals surface area contributed by atoms with E-state index in [9.17, 15) is 13.2 Å². The Morgan fingerprint density at radius 3 is 2.45 bits per heavy atom. The Balaban J connectivity index is 2.95. The molecule has 0 bridgehead atoms. The summed E-state index contributed by atoms with van der Waals surface area (Å²) < 4.78 is 39.9. The van der Waals surface area contributed by atoms with E-state index in [-0.39, 0.29) is 5.56 Å². The molecule has 0 radical (unpaired) electrons. The van der Waals surface area contributed by atoms with Crippen molar-refractivity contribution in [3.63, 3.8) is 0 Å². The third-order valence-corrected chi connectivity index (χ3v) is 3.80. The Bertz CT molecular complexity index is 666. The molecule has 0 saturated carbocycles. The number of aryl methyl sites for hydroxylation is 1. The zero-order chi connectivity index (χ0) is 15.1. The van der Waals surface area contributed by atoms with Crippen molar-refractivity contribution >= 4 is 32.5 Å². The van der Waals surface area contributed by atoms with Gasteiger partial charge in [-0.3, -0.25) is 0 Å². The maximum atomic E-state index is 13.1. The Morgan fingerprint density at radius 2 is 1.90 bits per heavy atom. The van der Waals surface area contributed by atoms with Crippen LogP contribution in [-0.4, -0.2) is 11.5 Å². The number of benzene rings is 1. The van der Waals surface area contributed by atoms with Crippen LogP contribution in [0.4, 0.5) is 18.9 Å². The average molecular weight is 347 g/mol. The molecule has 20 heavy (non-hydrogen) atoms. The highest BCUT2D eigenvalue weighted by Crippen LogP contribution is 2.39. The van der Waals surface area contributed by atoms with Crippen LogP contribution in [0.3, 0.4) is 0 Å². The summed E-state index contributed by atoms with van der Waals surface area (Å²) in [4.78, 5) is 3.84. The molecule has 0 amide bonds. The molecule has 6 heteroatoms. The van der Waals surface area contributed by atoms with E-state index in [1.807, 2.05) is 19.9 Å². The predicted octanol–water partition coefficient (Wildman–Crippen LogP) is 5.06. The summed E-state index contributed by atoms with van der Waals surface area (Å²) in [6, 6.07) is 3.58. The van der Waals surface area contributed by atoms with Crippen molar-refractivity contribution in [2.24, 2.45) is 0 Å². The first-order chi connectivity index (χ1) is 9.27. The number of nitrogens with zero attached hydrogens (tertiary/aromatic N) is 1. The van der Waals surface area contributed by atoms with Crippen molar-refractivity contribution in [3.05, 3.63) is 33.4 Å². The van der Waals surface area contributed by atoms with Gasteiger partial charge in [-0.2, -0.15) is 13.2 Å². The molecule has 0 unspecified atom stereocenters. The predicted molar refractivity (Wildman–Crippen MR) is 78.1 cm³/mol. The molecule has 0 fully saturated rings. The molecule has 1 aromatic carbocycles. The first-order valence-electron chi connectivity index (χ1n) is 6.17. The molecule has 1 heterocycles. The highest BCUT2D eigenvalue weighted by molar-refractivity contribution is 9.10. The van der Waals surface area contributed by atoms with Crippen molar-refractivity contribution in [2.75, 3.05) is 11.9 Å². The maximum absolute atomic E-state index is 13.1. The van der Waals surface area contributed by atoms with Crippen LogP contribution in [0, 0.1) is 13.8 Å². The molecule has 0 aliphatic heterocycles. The second-order valence-corrected chi connectivity index (χ2v) is 5.43. The summed E-state index contributed by atoms with van der Waals surface area (Å²) in [6.45, 7) is 5.72. The highest BCUT2D eigenvalue weighted by Gasteiger charge is 2.36. The fraction of sp³-hybridized carbons (Fsp3) is 0.357. The molecule has 0 atom stereocenters. The van der Waals surface area contributed by atoms with Crippen LogP contribution in [-0.2, 0) is 6.18 Å². The number of halogens is 4. The van der Waals surface area contributed by atoms with Gasteiger partial charge in [0.2, 0.25) is 0 Å². The summed E-state index contributed by atoms with van der Waals surface area (Å²) >= 11 is 3.28. The molecule has 1 N–H and O–H groups in total. The van der Waals surface area contributed by atoms with Gasteiger partial charge in [0.1, 0.15) is 5.69 Å². The minimum absolute atomic E-state index is 0.132. The molecular weight excluding hydrogens is 333 g/mol. The highest BCUT2D eigenvalue weighted by atomic mass is 79.9. The van der Waals surface area contributed by atoms with E-state index in [1.54, 1.807) is 6.07 Å². The number of aromatic nitrogens is 1. The Morgan fingerprint density at radius 1 is 1.25 bits per heavy atom. The SMILES string of the molecule is CCNc1c(C)c(C(F)(F)F)nc2c(Br)ccc(C)c12. The van der Waals surface area contributed by atoms with Crippen LogP contribution < -0.4 is 5.32 Å². The lowest BCUT2D eigenvalue weighted by atomic mass is 10.0. The number of rotatable bonds is 2. The van der Waals surface area contributed by atoms with Gasteiger partial charge >= 0.3 is 6.18 Å². The number of nitrogens with one attached hydrogen (secondary N) is 1. The monoisotopic (exact) mass is 346 g/mol. The largest absolute Gasteiger partial charge is 0.433 e. The summed E-state index contributed by atoms with van der Waals surface area (Å²) in [7, 11) is 0. The van der Waals surface area contributed by atoms with Gasteiger partial charge in [-0.05, 0) is 48.3 Å². The lowest BCUT2D eigenvalue weighted by Crippen LogP contribution is -2.14.